The van der Waals surface area contributed by atoms with E-state index in [4.69, 9.17) is 5.11 Å². The van der Waals surface area contributed by atoms with E-state index >= 15 is 0 Å². The zero-order chi connectivity index (χ0) is 12.7. The van der Waals surface area contributed by atoms with Crippen LogP contribution in [0.5, 0.6) is 0 Å². The van der Waals surface area contributed by atoms with Gasteiger partial charge in [0.15, 0.2) is 0 Å². The Balaban J connectivity index is 2.44. The van der Waals surface area contributed by atoms with Crippen molar-refractivity contribution in [3.05, 3.63) is 41.6 Å². The summed E-state index contributed by atoms with van der Waals surface area (Å²) in [6, 6.07) is 7.76. The predicted octanol–water partition coefficient (Wildman–Crippen LogP) is 1.60. The van der Waals surface area contributed by atoms with Gasteiger partial charge in [-0.25, -0.2) is 4.79 Å². The molecule has 0 saturated carbocycles. The number of nitrogens with one attached hydrogen (secondary N) is 1. The van der Waals surface area contributed by atoms with Gasteiger partial charge < -0.3 is 15.3 Å². The number of carbonyl (C=O) groups is 1. The number of amides is 2. The Hall–Kier alpha value is -1.81. The normalized spacial score (nSPS) is 10.5. The van der Waals surface area contributed by atoms with Crippen molar-refractivity contribution < 1.29 is 9.90 Å². The Labute approximate surface area is 102 Å². The van der Waals surface area contributed by atoms with Crippen LogP contribution >= 0.6 is 0 Å². The van der Waals surface area contributed by atoms with Gasteiger partial charge >= 0.3 is 6.03 Å². The molecule has 17 heavy (non-hydrogen) atoms. The maximum absolute atomic E-state index is 11.4. The van der Waals surface area contributed by atoms with Crippen LogP contribution in [0, 0.1) is 6.92 Å². The molecule has 1 aromatic rings. The summed E-state index contributed by atoms with van der Waals surface area (Å²) in [6.45, 7) is 2.31. The lowest BCUT2D eigenvalue weighted by molar-refractivity contribution is 0.194. The molecule has 2 N–H and O–H groups in total. The molecule has 0 saturated heterocycles. The molecule has 0 aliphatic rings. The van der Waals surface area contributed by atoms with Gasteiger partial charge in [0.1, 0.15) is 0 Å². The third-order valence-electron chi connectivity index (χ3n) is 2.34. The first-order chi connectivity index (χ1) is 8.13. The number of urea groups is 1. The summed E-state index contributed by atoms with van der Waals surface area (Å²) in [5.41, 5.74) is 2.23. The first-order valence-corrected chi connectivity index (χ1v) is 5.49. The van der Waals surface area contributed by atoms with E-state index in [2.05, 4.69) is 5.32 Å². The average Bonchev–Trinajstić information content (AvgIpc) is 2.32. The van der Waals surface area contributed by atoms with E-state index in [9.17, 15) is 4.79 Å². The Bertz CT molecular complexity index is 385. The fourth-order valence-corrected chi connectivity index (χ4v) is 1.25. The van der Waals surface area contributed by atoms with Gasteiger partial charge in [0.2, 0.25) is 0 Å². The third kappa shape index (κ3) is 4.70. The highest BCUT2D eigenvalue weighted by molar-refractivity contribution is 5.75. The second-order valence-corrected chi connectivity index (χ2v) is 3.84. The van der Waals surface area contributed by atoms with E-state index in [0.29, 0.717) is 6.54 Å². The summed E-state index contributed by atoms with van der Waals surface area (Å²) in [4.78, 5) is 12.8. The van der Waals surface area contributed by atoms with Gasteiger partial charge in [0.25, 0.3) is 0 Å². The van der Waals surface area contributed by atoms with Crippen LogP contribution in [0.25, 0.3) is 6.08 Å². The molecule has 0 aliphatic carbocycles. The Kier molecular flexibility index (Phi) is 5.23. The Morgan fingerprint density at radius 2 is 2.06 bits per heavy atom. The SMILES string of the molecule is Cc1ccc(/C=C/NC(=O)N(C)CCO)cc1. The van der Waals surface area contributed by atoms with Crippen molar-refractivity contribution in [2.45, 2.75) is 6.92 Å². The Morgan fingerprint density at radius 1 is 1.41 bits per heavy atom. The average molecular weight is 234 g/mol. The van der Waals surface area contributed by atoms with Crippen LogP contribution < -0.4 is 5.32 Å². The topological polar surface area (TPSA) is 52.6 Å². The number of hydrogen-bond donors (Lipinski definition) is 2. The van der Waals surface area contributed by atoms with Crippen molar-refractivity contribution in [2.75, 3.05) is 20.2 Å². The summed E-state index contributed by atoms with van der Waals surface area (Å²) in [6.07, 6.45) is 3.42. The molecule has 0 aliphatic heterocycles. The molecule has 4 heteroatoms. The number of aliphatic hydroxyl groups excluding tert-OH is 1. The molecule has 1 aromatic carbocycles. The fourth-order valence-electron chi connectivity index (χ4n) is 1.25. The van der Waals surface area contributed by atoms with Crippen molar-refractivity contribution in [3.63, 3.8) is 0 Å². The van der Waals surface area contributed by atoms with Crippen molar-refractivity contribution in [1.82, 2.24) is 10.2 Å². The van der Waals surface area contributed by atoms with Crippen LogP contribution in [0.1, 0.15) is 11.1 Å². The van der Waals surface area contributed by atoms with Gasteiger partial charge in [-0.2, -0.15) is 0 Å². The summed E-state index contributed by atoms with van der Waals surface area (Å²) in [5.74, 6) is 0. The molecule has 4 nitrogen and oxygen atoms in total. The van der Waals surface area contributed by atoms with Gasteiger partial charge in [-0.1, -0.05) is 29.8 Å². The largest absolute Gasteiger partial charge is 0.395 e. The number of hydrogen-bond acceptors (Lipinski definition) is 2. The molecule has 0 fully saturated rings. The van der Waals surface area contributed by atoms with Crippen LogP contribution in [-0.2, 0) is 0 Å². The van der Waals surface area contributed by atoms with Gasteiger partial charge in [-0.15, -0.1) is 0 Å². The minimum Gasteiger partial charge on any atom is -0.395 e. The first kappa shape index (κ1) is 13.3. The molecule has 0 spiro atoms. The number of aliphatic hydroxyl groups is 1. The van der Waals surface area contributed by atoms with Crippen LogP contribution in [-0.4, -0.2) is 36.2 Å². The van der Waals surface area contributed by atoms with Crippen LogP contribution in [0.4, 0.5) is 4.79 Å². The summed E-state index contributed by atoms with van der Waals surface area (Å²) in [7, 11) is 1.63. The lowest BCUT2D eigenvalue weighted by Crippen LogP contribution is -2.36. The molecule has 0 aromatic heterocycles. The predicted molar refractivity (Wildman–Crippen MR) is 68.5 cm³/mol. The molecule has 0 heterocycles. The van der Waals surface area contributed by atoms with Gasteiger partial charge in [-0.05, 0) is 18.6 Å². The summed E-state index contributed by atoms with van der Waals surface area (Å²) >= 11 is 0. The molecule has 0 unspecified atom stereocenters. The zero-order valence-corrected chi connectivity index (χ0v) is 10.2. The maximum Gasteiger partial charge on any atom is 0.321 e. The highest BCUT2D eigenvalue weighted by Crippen LogP contribution is 2.04. The van der Waals surface area contributed by atoms with E-state index in [-0.39, 0.29) is 12.6 Å². The summed E-state index contributed by atoms with van der Waals surface area (Å²) in [5, 5.41) is 11.3. The molecule has 0 bridgehead atoms. The number of aryl methyl sites for hydroxylation is 1. The number of benzene rings is 1. The van der Waals surface area contributed by atoms with Crippen molar-refractivity contribution in [1.29, 1.82) is 0 Å². The van der Waals surface area contributed by atoms with E-state index in [0.717, 1.165) is 5.56 Å². The standard InChI is InChI=1S/C13H18N2O2/c1-11-3-5-12(6-4-11)7-8-14-13(17)15(2)9-10-16/h3-8,16H,9-10H2,1-2H3,(H,14,17)/b8-7+. The van der Waals surface area contributed by atoms with Gasteiger partial charge in [0, 0.05) is 19.8 Å². The van der Waals surface area contributed by atoms with E-state index in [1.165, 1.54) is 10.5 Å². The Morgan fingerprint density at radius 3 is 2.65 bits per heavy atom. The lowest BCUT2D eigenvalue weighted by atomic mass is 10.1. The van der Waals surface area contributed by atoms with Gasteiger partial charge in [0.05, 0.1) is 6.61 Å². The maximum atomic E-state index is 11.4. The van der Waals surface area contributed by atoms with Crippen LogP contribution in [0.15, 0.2) is 30.5 Å². The van der Waals surface area contributed by atoms with Crippen molar-refractivity contribution in [2.24, 2.45) is 0 Å². The van der Waals surface area contributed by atoms with Gasteiger partial charge in [-0.3, -0.25) is 0 Å². The molecular weight excluding hydrogens is 216 g/mol. The third-order valence-corrected chi connectivity index (χ3v) is 2.34. The number of carbonyl (C=O) groups excluding carboxylic acids is 1. The smallest absolute Gasteiger partial charge is 0.321 e. The number of rotatable bonds is 4. The quantitative estimate of drug-likeness (QED) is 0.831. The first-order valence-electron chi connectivity index (χ1n) is 5.49. The highest BCUT2D eigenvalue weighted by Gasteiger charge is 2.03. The number of likely N-dealkylation sites (N-methyl/N-ethyl adjacent to an activating group) is 1. The lowest BCUT2D eigenvalue weighted by Gasteiger charge is -2.14. The molecule has 0 radical (unpaired) electrons. The zero-order valence-electron chi connectivity index (χ0n) is 10.2. The fraction of sp³-hybridized carbons (Fsp3) is 0.308. The van der Waals surface area contributed by atoms with E-state index in [1.54, 1.807) is 13.2 Å². The second-order valence-electron chi connectivity index (χ2n) is 3.84. The number of nitrogens with zero attached hydrogens (tertiary/aromatic N) is 1. The monoisotopic (exact) mass is 234 g/mol. The van der Waals surface area contributed by atoms with E-state index in [1.807, 2.05) is 37.3 Å². The highest BCUT2D eigenvalue weighted by atomic mass is 16.3. The van der Waals surface area contributed by atoms with Crippen molar-refractivity contribution >= 4 is 12.1 Å². The molecule has 2 amide bonds. The van der Waals surface area contributed by atoms with Crippen molar-refractivity contribution in [3.8, 4) is 0 Å². The minimum atomic E-state index is -0.234. The summed E-state index contributed by atoms with van der Waals surface area (Å²) < 4.78 is 0. The van der Waals surface area contributed by atoms with Crippen LogP contribution in [0.2, 0.25) is 0 Å². The second kappa shape index (κ2) is 6.70. The minimum absolute atomic E-state index is 0.0361. The molecule has 1 rings (SSSR count). The molecule has 92 valence electrons. The molecule has 0 atom stereocenters. The van der Waals surface area contributed by atoms with E-state index < -0.39 is 0 Å². The van der Waals surface area contributed by atoms with Crippen LogP contribution in [0.3, 0.4) is 0 Å². The molecular formula is C13H18N2O2.